The highest BCUT2D eigenvalue weighted by Crippen LogP contribution is 2.41. The van der Waals surface area contributed by atoms with Crippen molar-refractivity contribution in [1.29, 1.82) is 5.26 Å². The lowest BCUT2D eigenvalue weighted by molar-refractivity contribution is -0.133. The molecular weight excluding hydrogens is 434 g/mol. The zero-order valence-electron chi connectivity index (χ0n) is 19.2. The molecule has 3 aliphatic heterocycles. The molecule has 3 N–H and O–H groups in total. The number of rotatable bonds is 6. The van der Waals surface area contributed by atoms with Crippen molar-refractivity contribution in [3.63, 3.8) is 0 Å². The van der Waals surface area contributed by atoms with Crippen LogP contribution in [0.1, 0.15) is 49.0 Å². The first-order chi connectivity index (χ1) is 16.5. The summed E-state index contributed by atoms with van der Waals surface area (Å²) in [5, 5.41) is 16.1. The van der Waals surface area contributed by atoms with E-state index in [1.807, 2.05) is 18.2 Å². The number of piperidine rings is 2. The minimum atomic E-state index is -0.768. The fourth-order valence-electron chi connectivity index (χ4n) is 5.90. The van der Waals surface area contributed by atoms with Crippen molar-refractivity contribution in [3.8, 4) is 11.8 Å². The monoisotopic (exact) mass is 463 g/mol. The quantitative estimate of drug-likeness (QED) is 0.605. The molecule has 3 atom stereocenters. The van der Waals surface area contributed by atoms with Gasteiger partial charge >= 0.3 is 0 Å². The van der Waals surface area contributed by atoms with Crippen molar-refractivity contribution >= 4 is 28.6 Å². The Morgan fingerprint density at radius 3 is 2.74 bits per heavy atom. The fourth-order valence-corrected chi connectivity index (χ4v) is 5.90. The zero-order chi connectivity index (χ0) is 23.8. The highest BCUT2D eigenvalue weighted by Gasteiger charge is 2.48. The number of carbonyl (C=O) groups excluding carboxylic acids is 3. The third-order valence-electron chi connectivity index (χ3n) is 7.61. The minimum Gasteiger partial charge on any atom is -0.496 e. The molecule has 4 aliphatic rings. The van der Waals surface area contributed by atoms with Crippen LogP contribution in [0.25, 0.3) is 10.9 Å². The summed E-state index contributed by atoms with van der Waals surface area (Å²) >= 11 is 0. The molecular formula is C25H29N5O4. The predicted molar refractivity (Wildman–Crippen MR) is 124 cm³/mol. The lowest BCUT2D eigenvalue weighted by Crippen LogP contribution is -2.63. The third-order valence-corrected chi connectivity index (χ3v) is 7.61. The Hall–Kier alpha value is -3.54. The molecule has 9 nitrogen and oxygen atoms in total. The van der Waals surface area contributed by atoms with Crippen LogP contribution in [0.4, 0.5) is 0 Å². The van der Waals surface area contributed by atoms with E-state index in [4.69, 9.17) is 4.74 Å². The molecule has 178 valence electrons. The summed E-state index contributed by atoms with van der Waals surface area (Å²) in [6.07, 6.45) is 4.45. The molecule has 0 unspecified atom stereocenters. The second-order valence-electron chi connectivity index (χ2n) is 9.53. The van der Waals surface area contributed by atoms with Gasteiger partial charge < -0.3 is 25.3 Å². The van der Waals surface area contributed by atoms with E-state index in [0.29, 0.717) is 24.4 Å². The summed E-state index contributed by atoms with van der Waals surface area (Å²) in [5.41, 5.74) is 1.22. The van der Waals surface area contributed by atoms with E-state index in [1.54, 1.807) is 18.1 Å². The maximum Gasteiger partial charge on any atom is 0.271 e. The van der Waals surface area contributed by atoms with E-state index in [2.05, 4.69) is 21.7 Å². The van der Waals surface area contributed by atoms with Crippen LogP contribution in [-0.4, -0.2) is 59.4 Å². The first-order valence-corrected chi connectivity index (χ1v) is 12.0. The van der Waals surface area contributed by atoms with Gasteiger partial charge in [-0.15, -0.1) is 0 Å². The molecule has 1 aromatic heterocycles. The van der Waals surface area contributed by atoms with Crippen molar-refractivity contribution in [1.82, 2.24) is 20.5 Å². The summed E-state index contributed by atoms with van der Waals surface area (Å²) < 4.78 is 5.42. The van der Waals surface area contributed by atoms with E-state index in [9.17, 15) is 19.6 Å². The molecule has 4 heterocycles. The van der Waals surface area contributed by atoms with E-state index < -0.39 is 12.1 Å². The van der Waals surface area contributed by atoms with E-state index in [1.165, 1.54) is 0 Å². The highest BCUT2D eigenvalue weighted by molar-refractivity contribution is 6.02. The molecule has 2 bridgehead atoms. The number of aromatic nitrogens is 1. The van der Waals surface area contributed by atoms with Gasteiger partial charge in [-0.3, -0.25) is 14.4 Å². The first-order valence-electron chi connectivity index (χ1n) is 12.0. The third kappa shape index (κ3) is 3.87. The van der Waals surface area contributed by atoms with Crippen molar-refractivity contribution in [3.05, 3.63) is 30.0 Å². The normalized spacial score (nSPS) is 26.7. The molecule has 0 spiro atoms. The van der Waals surface area contributed by atoms with E-state index >= 15 is 0 Å². The number of hydrogen-bond acceptors (Lipinski definition) is 5. The number of H-pyrrole nitrogens is 1. The number of methoxy groups -OCH3 is 1. The molecule has 3 saturated heterocycles. The van der Waals surface area contributed by atoms with Crippen LogP contribution < -0.4 is 15.4 Å². The van der Waals surface area contributed by atoms with Crippen molar-refractivity contribution in [2.45, 2.75) is 56.7 Å². The standard InChI is InChI=1S/C25H29N5O4/c1-34-21-4-2-3-19-18(21)12-20(29-19)25(33)30-17-7-5-14(6-8-17)22(30)24(32)28-16(13-26)11-15-9-10-27-23(15)31/h2-4,12,14-17,22,29H,5-11H2,1H3,(H,27,31)(H,28,32)/t14?,15-,16-,17?,22-/m1/s1. The smallest absolute Gasteiger partial charge is 0.271 e. The Morgan fingerprint density at radius 2 is 2.06 bits per heavy atom. The van der Waals surface area contributed by atoms with Gasteiger partial charge in [0.15, 0.2) is 0 Å². The summed E-state index contributed by atoms with van der Waals surface area (Å²) in [7, 11) is 1.59. The second kappa shape index (κ2) is 9.01. The van der Waals surface area contributed by atoms with Gasteiger partial charge in [0.25, 0.3) is 5.91 Å². The number of nitrogens with one attached hydrogen (secondary N) is 3. The van der Waals surface area contributed by atoms with Gasteiger partial charge in [0.2, 0.25) is 11.8 Å². The summed E-state index contributed by atoms with van der Waals surface area (Å²) in [6.45, 7) is 0.597. The van der Waals surface area contributed by atoms with Crippen LogP contribution in [0.5, 0.6) is 5.75 Å². The number of fused-ring (bicyclic) bond motifs is 4. The van der Waals surface area contributed by atoms with Gasteiger partial charge in [-0.1, -0.05) is 6.07 Å². The van der Waals surface area contributed by atoms with Gasteiger partial charge in [0, 0.05) is 29.4 Å². The Balaban J connectivity index is 1.38. The Morgan fingerprint density at radius 1 is 1.26 bits per heavy atom. The van der Waals surface area contributed by atoms with Gasteiger partial charge in [-0.2, -0.15) is 5.26 Å². The number of hydrogen-bond donors (Lipinski definition) is 3. The van der Waals surface area contributed by atoms with Gasteiger partial charge in [-0.05, 0) is 62.6 Å². The lowest BCUT2D eigenvalue weighted by Gasteiger charge is -2.50. The molecule has 3 amide bonds. The van der Waals surface area contributed by atoms with Crippen LogP contribution in [0, 0.1) is 23.2 Å². The number of benzene rings is 1. The van der Waals surface area contributed by atoms with E-state index in [0.717, 1.165) is 36.6 Å². The van der Waals surface area contributed by atoms with Gasteiger partial charge in [-0.25, -0.2) is 0 Å². The van der Waals surface area contributed by atoms with Crippen LogP contribution in [0.3, 0.4) is 0 Å². The van der Waals surface area contributed by atoms with Crippen molar-refractivity contribution in [2.24, 2.45) is 11.8 Å². The van der Waals surface area contributed by atoms with Crippen molar-refractivity contribution in [2.75, 3.05) is 13.7 Å². The fraction of sp³-hybridized carbons (Fsp3) is 0.520. The van der Waals surface area contributed by atoms with Crippen LogP contribution in [-0.2, 0) is 9.59 Å². The number of nitrogens with zero attached hydrogens (tertiary/aromatic N) is 2. The van der Waals surface area contributed by atoms with Crippen molar-refractivity contribution < 1.29 is 19.1 Å². The maximum atomic E-state index is 13.7. The molecule has 2 aromatic rings. The number of ether oxygens (including phenoxy) is 1. The lowest BCUT2D eigenvalue weighted by atomic mass is 9.74. The van der Waals surface area contributed by atoms with Crippen LogP contribution in [0.15, 0.2) is 24.3 Å². The molecule has 0 radical (unpaired) electrons. The molecule has 6 rings (SSSR count). The Bertz CT molecular complexity index is 1160. The highest BCUT2D eigenvalue weighted by atomic mass is 16.5. The molecule has 1 saturated carbocycles. The molecule has 34 heavy (non-hydrogen) atoms. The summed E-state index contributed by atoms with van der Waals surface area (Å²) in [6, 6.07) is 8.10. The Labute approximate surface area is 197 Å². The number of nitriles is 1. The minimum absolute atomic E-state index is 0.0114. The van der Waals surface area contributed by atoms with Gasteiger partial charge in [0.05, 0.1) is 13.2 Å². The Kier molecular flexibility index (Phi) is 5.90. The largest absolute Gasteiger partial charge is 0.496 e. The number of aromatic amines is 1. The summed E-state index contributed by atoms with van der Waals surface area (Å²) in [5.74, 6) is -0.126. The average molecular weight is 464 g/mol. The van der Waals surface area contributed by atoms with Gasteiger partial charge in [0.1, 0.15) is 23.5 Å². The molecule has 1 aliphatic carbocycles. The van der Waals surface area contributed by atoms with Crippen LogP contribution >= 0.6 is 0 Å². The first kappa shape index (κ1) is 22.3. The SMILES string of the molecule is COc1cccc2[nH]c(C(=O)N3C4CCC(CC4)[C@@H]3C(=O)N[C@@H](C#N)C[C@H]3CCNC3=O)cc12. The molecule has 1 aromatic carbocycles. The van der Waals surface area contributed by atoms with Crippen LogP contribution in [0.2, 0.25) is 0 Å². The average Bonchev–Trinajstić information content (AvgIpc) is 3.49. The topological polar surface area (TPSA) is 127 Å². The summed E-state index contributed by atoms with van der Waals surface area (Å²) in [4.78, 5) is 44.0. The van der Waals surface area contributed by atoms with E-state index in [-0.39, 0.29) is 42.0 Å². The predicted octanol–water partition coefficient (Wildman–Crippen LogP) is 2.09. The number of amides is 3. The molecule has 9 heteroatoms. The maximum absolute atomic E-state index is 13.7. The molecule has 4 fully saturated rings. The second-order valence-corrected chi connectivity index (χ2v) is 9.53. The number of carbonyl (C=O) groups is 3. The zero-order valence-corrected chi connectivity index (χ0v) is 19.2.